The summed E-state index contributed by atoms with van der Waals surface area (Å²) in [6, 6.07) is 17.2. The fourth-order valence-electron chi connectivity index (χ4n) is 1.72. The number of hydrogen-bond donors (Lipinski definition) is 0. The van der Waals surface area contributed by atoms with Gasteiger partial charge in [0.25, 0.3) is 0 Å². The van der Waals surface area contributed by atoms with Gasteiger partial charge in [0.2, 0.25) is 9.84 Å². The first-order valence-corrected chi connectivity index (χ1v) is 7.23. The number of ether oxygens (including phenoxy) is 1. The number of hydrogen-bond acceptors (Lipinski definition) is 3. The van der Waals surface area contributed by atoms with Crippen LogP contribution >= 0.6 is 0 Å². The summed E-state index contributed by atoms with van der Waals surface area (Å²) in [4.78, 5) is 0.406. The standard InChI is InChI=1S/C15H14O3S/c1-18-12-15(13-8-4-2-5-9-13)19(16,17)14-10-6-3-7-11-14/h2-12H,1H3/b15-12-. The maximum atomic E-state index is 12.6. The van der Waals surface area contributed by atoms with E-state index in [-0.39, 0.29) is 9.80 Å². The Labute approximate surface area is 113 Å². The molecule has 2 aromatic carbocycles. The van der Waals surface area contributed by atoms with Crippen molar-refractivity contribution in [1.29, 1.82) is 0 Å². The summed E-state index contributed by atoms with van der Waals surface area (Å²) >= 11 is 0. The van der Waals surface area contributed by atoms with Crippen molar-refractivity contribution in [3.63, 3.8) is 0 Å². The first kappa shape index (κ1) is 13.4. The number of rotatable bonds is 4. The Morgan fingerprint density at radius 1 is 0.947 bits per heavy atom. The second-order valence-corrected chi connectivity index (χ2v) is 5.82. The Kier molecular flexibility index (Phi) is 4.02. The van der Waals surface area contributed by atoms with E-state index >= 15 is 0 Å². The molecule has 0 N–H and O–H groups in total. The lowest BCUT2D eigenvalue weighted by molar-refractivity contribution is 0.340. The molecule has 0 heterocycles. The molecule has 0 unspecified atom stereocenters. The fourth-order valence-corrected chi connectivity index (χ4v) is 3.16. The van der Waals surface area contributed by atoms with Crippen molar-refractivity contribution in [2.24, 2.45) is 0 Å². The van der Waals surface area contributed by atoms with Gasteiger partial charge >= 0.3 is 0 Å². The van der Waals surface area contributed by atoms with E-state index in [4.69, 9.17) is 4.74 Å². The Morgan fingerprint density at radius 3 is 2.00 bits per heavy atom. The molecule has 0 aliphatic heterocycles. The van der Waals surface area contributed by atoms with Crippen LogP contribution in [0.2, 0.25) is 0 Å². The molecule has 0 atom stereocenters. The molecule has 0 aliphatic rings. The average Bonchev–Trinajstić information content (AvgIpc) is 2.46. The zero-order valence-electron chi connectivity index (χ0n) is 10.5. The lowest BCUT2D eigenvalue weighted by atomic mass is 10.2. The van der Waals surface area contributed by atoms with Crippen molar-refractivity contribution in [2.45, 2.75) is 4.90 Å². The molecule has 0 aromatic heterocycles. The maximum absolute atomic E-state index is 12.6. The fraction of sp³-hybridized carbons (Fsp3) is 0.0667. The van der Waals surface area contributed by atoms with Gasteiger partial charge in [-0.2, -0.15) is 0 Å². The third-order valence-corrected chi connectivity index (χ3v) is 4.43. The van der Waals surface area contributed by atoms with Crippen LogP contribution in [0.15, 0.2) is 71.8 Å². The predicted molar refractivity (Wildman–Crippen MR) is 75.1 cm³/mol. The highest BCUT2D eigenvalue weighted by Crippen LogP contribution is 2.27. The highest BCUT2D eigenvalue weighted by atomic mass is 32.2. The first-order valence-electron chi connectivity index (χ1n) is 5.75. The summed E-state index contributed by atoms with van der Waals surface area (Å²) in [5.41, 5.74) is 0.605. The second kappa shape index (κ2) is 5.71. The van der Waals surface area contributed by atoms with Crippen molar-refractivity contribution < 1.29 is 13.2 Å². The van der Waals surface area contributed by atoms with E-state index in [9.17, 15) is 8.42 Å². The number of methoxy groups -OCH3 is 1. The van der Waals surface area contributed by atoms with E-state index in [0.29, 0.717) is 5.56 Å². The molecular weight excluding hydrogens is 260 g/mol. The third kappa shape index (κ3) is 2.85. The Bertz CT molecular complexity index is 659. The predicted octanol–water partition coefficient (Wildman–Crippen LogP) is 3.11. The van der Waals surface area contributed by atoms with E-state index in [1.165, 1.54) is 13.4 Å². The Hall–Kier alpha value is -2.07. The minimum atomic E-state index is -3.58. The van der Waals surface area contributed by atoms with Crippen LogP contribution in [0, 0.1) is 0 Å². The maximum Gasteiger partial charge on any atom is 0.210 e. The van der Waals surface area contributed by atoms with Gasteiger partial charge in [-0.25, -0.2) is 8.42 Å². The molecule has 0 amide bonds. The van der Waals surface area contributed by atoms with Gasteiger partial charge in [0.05, 0.1) is 12.0 Å². The summed E-state index contributed by atoms with van der Waals surface area (Å²) < 4.78 is 30.1. The average molecular weight is 274 g/mol. The minimum Gasteiger partial charge on any atom is -0.503 e. The molecule has 0 spiro atoms. The van der Waals surface area contributed by atoms with Crippen LogP contribution in [-0.2, 0) is 14.6 Å². The van der Waals surface area contributed by atoms with Crippen molar-refractivity contribution in [3.8, 4) is 0 Å². The van der Waals surface area contributed by atoms with Crippen LogP contribution in [0.3, 0.4) is 0 Å². The molecule has 0 saturated carbocycles. The van der Waals surface area contributed by atoms with Crippen molar-refractivity contribution in [2.75, 3.05) is 7.11 Å². The Balaban J connectivity index is 2.56. The number of benzene rings is 2. The van der Waals surface area contributed by atoms with Gasteiger partial charge in [0, 0.05) is 0 Å². The second-order valence-electron chi connectivity index (χ2n) is 3.90. The van der Waals surface area contributed by atoms with Crippen molar-refractivity contribution in [1.82, 2.24) is 0 Å². The highest BCUT2D eigenvalue weighted by Gasteiger charge is 2.22. The van der Waals surface area contributed by atoms with Crippen molar-refractivity contribution in [3.05, 3.63) is 72.5 Å². The molecule has 0 saturated heterocycles. The van der Waals surface area contributed by atoms with Crippen LogP contribution in [0.1, 0.15) is 5.56 Å². The number of sulfone groups is 1. The molecule has 2 rings (SSSR count). The van der Waals surface area contributed by atoms with E-state index < -0.39 is 9.84 Å². The lowest BCUT2D eigenvalue weighted by Crippen LogP contribution is -2.04. The topological polar surface area (TPSA) is 43.4 Å². The summed E-state index contributed by atoms with van der Waals surface area (Å²) in [7, 11) is -2.15. The summed E-state index contributed by atoms with van der Waals surface area (Å²) in [6.07, 6.45) is 1.26. The molecule has 4 heteroatoms. The molecule has 3 nitrogen and oxygen atoms in total. The van der Waals surface area contributed by atoms with Crippen LogP contribution in [0.4, 0.5) is 0 Å². The largest absolute Gasteiger partial charge is 0.503 e. The van der Waals surface area contributed by atoms with E-state index in [1.807, 2.05) is 6.07 Å². The van der Waals surface area contributed by atoms with Crippen LogP contribution in [-0.4, -0.2) is 15.5 Å². The zero-order chi connectivity index (χ0) is 13.7. The molecule has 2 aromatic rings. The first-order chi connectivity index (χ1) is 9.16. The molecule has 0 bridgehead atoms. The molecular formula is C15H14O3S. The van der Waals surface area contributed by atoms with Crippen LogP contribution in [0.25, 0.3) is 4.91 Å². The van der Waals surface area contributed by atoms with Gasteiger partial charge in [0.1, 0.15) is 11.2 Å². The van der Waals surface area contributed by atoms with E-state index in [2.05, 4.69) is 0 Å². The summed E-state index contributed by atoms with van der Waals surface area (Å²) in [5, 5.41) is 0. The molecule has 19 heavy (non-hydrogen) atoms. The van der Waals surface area contributed by atoms with Gasteiger partial charge in [-0.05, 0) is 17.7 Å². The van der Waals surface area contributed by atoms with Crippen molar-refractivity contribution >= 4 is 14.7 Å². The van der Waals surface area contributed by atoms with Gasteiger partial charge < -0.3 is 4.74 Å². The van der Waals surface area contributed by atoms with Gasteiger partial charge in [-0.1, -0.05) is 48.5 Å². The summed E-state index contributed by atoms with van der Waals surface area (Å²) in [5.74, 6) is 0. The quantitative estimate of drug-likeness (QED) is 0.805. The van der Waals surface area contributed by atoms with Crippen LogP contribution in [0.5, 0.6) is 0 Å². The summed E-state index contributed by atoms with van der Waals surface area (Å²) in [6.45, 7) is 0. The Morgan fingerprint density at radius 2 is 1.47 bits per heavy atom. The monoisotopic (exact) mass is 274 g/mol. The molecule has 0 aliphatic carbocycles. The van der Waals surface area contributed by atoms with Gasteiger partial charge in [0.15, 0.2) is 0 Å². The lowest BCUT2D eigenvalue weighted by Gasteiger charge is -2.09. The van der Waals surface area contributed by atoms with Gasteiger partial charge in [-0.15, -0.1) is 0 Å². The molecule has 98 valence electrons. The normalized spacial score (nSPS) is 12.2. The highest BCUT2D eigenvalue weighted by molar-refractivity contribution is 8.00. The molecule has 0 radical (unpaired) electrons. The van der Waals surface area contributed by atoms with E-state index in [1.54, 1.807) is 54.6 Å². The SMILES string of the molecule is CO/C=C(/c1ccccc1)S(=O)(=O)c1ccccc1. The molecule has 0 fully saturated rings. The zero-order valence-corrected chi connectivity index (χ0v) is 11.3. The van der Waals surface area contributed by atoms with E-state index in [0.717, 1.165) is 0 Å². The third-order valence-electron chi connectivity index (χ3n) is 2.63. The minimum absolute atomic E-state index is 0.154. The smallest absolute Gasteiger partial charge is 0.210 e. The van der Waals surface area contributed by atoms with Gasteiger partial charge in [-0.3, -0.25) is 0 Å². The van der Waals surface area contributed by atoms with Crippen LogP contribution < -0.4 is 0 Å².